The van der Waals surface area contributed by atoms with Gasteiger partial charge in [-0.15, -0.1) is 0 Å². The van der Waals surface area contributed by atoms with Crippen molar-refractivity contribution in [3.63, 3.8) is 0 Å². The monoisotopic (exact) mass is 261 g/mol. The summed E-state index contributed by atoms with van der Waals surface area (Å²) in [4.78, 5) is 22.3. The molecule has 0 radical (unpaired) electrons. The first-order valence-corrected chi connectivity index (χ1v) is 6.09. The van der Waals surface area contributed by atoms with E-state index in [1.165, 1.54) is 0 Å². The fourth-order valence-corrected chi connectivity index (χ4v) is 2.30. The molecule has 1 aromatic carbocycles. The molecule has 19 heavy (non-hydrogen) atoms. The average molecular weight is 261 g/mol. The number of hydrogen-bond donors (Lipinski definition) is 2. The largest absolute Gasteiger partial charge is 0.480 e. The molecule has 2 N–H and O–H groups in total. The highest BCUT2D eigenvalue weighted by molar-refractivity contribution is 6.03. The zero-order valence-corrected chi connectivity index (χ0v) is 10.5. The summed E-state index contributed by atoms with van der Waals surface area (Å²) < 4.78 is 1.91. The van der Waals surface area contributed by atoms with Crippen molar-refractivity contribution in [3.8, 4) is 0 Å². The van der Waals surface area contributed by atoms with Crippen molar-refractivity contribution in [2.45, 2.75) is 25.8 Å². The lowest BCUT2D eigenvalue weighted by atomic mass is 9.99. The summed E-state index contributed by atoms with van der Waals surface area (Å²) in [5.74, 6) is -4.21. The number of aliphatic carboxylic acids is 2. The molecule has 0 spiro atoms. The number of aromatic nitrogens is 1. The number of carboxylic acids is 2. The fraction of sp³-hybridized carbons (Fsp3) is 0.286. The minimum absolute atomic E-state index is 0.337. The van der Waals surface area contributed by atoms with Gasteiger partial charge in [-0.2, -0.15) is 0 Å². The van der Waals surface area contributed by atoms with E-state index < -0.39 is 17.9 Å². The van der Waals surface area contributed by atoms with Crippen LogP contribution in [0, 0.1) is 0 Å². The van der Waals surface area contributed by atoms with Gasteiger partial charge in [0.1, 0.15) is 0 Å². The van der Waals surface area contributed by atoms with E-state index >= 15 is 0 Å². The van der Waals surface area contributed by atoms with E-state index in [9.17, 15) is 9.59 Å². The highest BCUT2D eigenvalue weighted by Gasteiger charge is 2.30. The number of carboxylic acid groups (broad SMARTS) is 2. The number of nitrogens with zero attached hydrogens (tertiary/aromatic N) is 1. The van der Waals surface area contributed by atoms with Gasteiger partial charge in [-0.25, -0.2) is 0 Å². The van der Waals surface area contributed by atoms with Crippen LogP contribution in [0.25, 0.3) is 10.9 Å². The summed E-state index contributed by atoms with van der Waals surface area (Å²) in [5.41, 5.74) is 1.20. The molecule has 0 saturated heterocycles. The van der Waals surface area contributed by atoms with Gasteiger partial charge < -0.3 is 14.8 Å². The Labute approximate surface area is 110 Å². The molecule has 0 aliphatic heterocycles. The maximum absolute atomic E-state index is 11.2. The third-order valence-electron chi connectivity index (χ3n) is 3.09. The van der Waals surface area contributed by atoms with E-state index in [4.69, 9.17) is 10.2 Å². The van der Waals surface area contributed by atoms with Crippen LogP contribution in [0.2, 0.25) is 0 Å². The summed E-state index contributed by atoms with van der Waals surface area (Å²) in [6.07, 6.45) is 2.53. The number of hydrogen-bond acceptors (Lipinski definition) is 2. The Morgan fingerprint density at radius 1 is 1.21 bits per heavy atom. The van der Waals surface area contributed by atoms with Crippen LogP contribution in [0.15, 0.2) is 30.5 Å². The smallest absolute Gasteiger partial charge is 0.322 e. The number of carbonyl (C=O) groups is 2. The van der Waals surface area contributed by atoms with E-state index in [0.717, 1.165) is 18.5 Å². The second-order valence-corrected chi connectivity index (χ2v) is 4.40. The van der Waals surface area contributed by atoms with Crippen molar-refractivity contribution in [1.29, 1.82) is 0 Å². The van der Waals surface area contributed by atoms with Crippen LogP contribution in [-0.2, 0) is 16.1 Å². The zero-order chi connectivity index (χ0) is 14.0. The molecule has 2 aromatic rings. The summed E-state index contributed by atoms with van der Waals surface area (Å²) in [5, 5.41) is 18.9. The Balaban J connectivity index is 2.66. The molecule has 100 valence electrons. The lowest BCUT2D eigenvalue weighted by Crippen LogP contribution is -2.20. The molecule has 1 aromatic heterocycles. The van der Waals surface area contributed by atoms with Gasteiger partial charge in [-0.3, -0.25) is 9.59 Å². The van der Waals surface area contributed by atoms with E-state index in [1.54, 1.807) is 18.3 Å². The van der Waals surface area contributed by atoms with Crippen LogP contribution in [0.5, 0.6) is 0 Å². The first-order chi connectivity index (χ1) is 9.06. The molecule has 0 aliphatic rings. The van der Waals surface area contributed by atoms with Crippen molar-refractivity contribution < 1.29 is 19.8 Å². The van der Waals surface area contributed by atoms with Gasteiger partial charge in [0.25, 0.3) is 0 Å². The Kier molecular flexibility index (Phi) is 3.55. The van der Waals surface area contributed by atoms with Crippen LogP contribution in [0.4, 0.5) is 0 Å². The van der Waals surface area contributed by atoms with Crippen LogP contribution >= 0.6 is 0 Å². The standard InChI is InChI=1S/C14H15NO4/c1-2-7-15-8-10(12(13(16)17)14(18)19)9-5-3-4-6-11(9)15/h3-6,8,12H,2,7H2,1H3,(H,16,17)(H,18,19). The zero-order valence-electron chi connectivity index (χ0n) is 10.5. The van der Waals surface area contributed by atoms with Crippen LogP contribution < -0.4 is 0 Å². The lowest BCUT2D eigenvalue weighted by Gasteiger charge is -2.05. The molecule has 1 heterocycles. The van der Waals surface area contributed by atoms with E-state index in [0.29, 0.717) is 10.9 Å². The summed E-state index contributed by atoms with van der Waals surface area (Å²) in [7, 11) is 0. The molecule has 2 rings (SSSR count). The summed E-state index contributed by atoms with van der Waals surface area (Å²) in [6.45, 7) is 2.74. The first-order valence-electron chi connectivity index (χ1n) is 6.09. The second kappa shape index (κ2) is 5.14. The SMILES string of the molecule is CCCn1cc(C(C(=O)O)C(=O)O)c2ccccc21. The van der Waals surface area contributed by atoms with Crippen molar-refractivity contribution >= 4 is 22.8 Å². The lowest BCUT2D eigenvalue weighted by molar-refractivity contribution is -0.149. The fourth-order valence-electron chi connectivity index (χ4n) is 2.30. The summed E-state index contributed by atoms with van der Waals surface area (Å²) in [6, 6.07) is 7.27. The van der Waals surface area contributed by atoms with Crippen molar-refractivity contribution in [2.75, 3.05) is 0 Å². The molecular formula is C14H15NO4. The Morgan fingerprint density at radius 2 is 1.84 bits per heavy atom. The number of para-hydroxylation sites is 1. The van der Waals surface area contributed by atoms with E-state index in [1.807, 2.05) is 23.6 Å². The minimum atomic E-state index is -1.52. The van der Waals surface area contributed by atoms with Crippen molar-refractivity contribution in [2.24, 2.45) is 0 Å². The molecule has 0 aliphatic carbocycles. The Bertz CT molecular complexity index is 615. The van der Waals surface area contributed by atoms with E-state index in [-0.39, 0.29) is 0 Å². The Hall–Kier alpha value is -2.30. The predicted octanol–water partition coefficient (Wildman–Crippen LogP) is 2.30. The molecule has 0 bridgehead atoms. The third-order valence-corrected chi connectivity index (χ3v) is 3.09. The molecule has 5 nitrogen and oxygen atoms in total. The third kappa shape index (κ3) is 2.31. The van der Waals surface area contributed by atoms with Gasteiger partial charge >= 0.3 is 11.9 Å². The van der Waals surface area contributed by atoms with Gasteiger partial charge in [-0.05, 0) is 12.5 Å². The maximum Gasteiger partial charge on any atom is 0.322 e. The normalized spacial score (nSPS) is 11.1. The van der Waals surface area contributed by atoms with Gasteiger partial charge in [0.15, 0.2) is 5.92 Å². The number of aryl methyl sites for hydroxylation is 1. The van der Waals surface area contributed by atoms with Crippen LogP contribution in [-0.4, -0.2) is 26.7 Å². The quantitative estimate of drug-likeness (QED) is 0.809. The molecule has 0 unspecified atom stereocenters. The van der Waals surface area contributed by atoms with Gasteiger partial charge in [-0.1, -0.05) is 25.1 Å². The molecular weight excluding hydrogens is 246 g/mol. The van der Waals surface area contributed by atoms with Gasteiger partial charge in [0.2, 0.25) is 0 Å². The molecule has 0 saturated carbocycles. The minimum Gasteiger partial charge on any atom is -0.480 e. The first kappa shape index (κ1) is 13.1. The summed E-state index contributed by atoms with van der Waals surface area (Å²) >= 11 is 0. The number of benzene rings is 1. The topological polar surface area (TPSA) is 79.5 Å². The van der Waals surface area contributed by atoms with Crippen LogP contribution in [0.1, 0.15) is 24.8 Å². The molecule has 5 heteroatoms. The molecule has 0 atom stereocenters. The maximum atomic E-state index is 11.2. The predicted molar refractivity (Wildman–Crippen MR) is 70.2 cm³/mol. The van der Waals surface area contributed by atoms with Gasteiger partial charge in [0.05, 0.1) is 0 Å². The Morgan fingerprint density at radius 3 is 2.42 bits per heavy atom. The number of rotatable bonds is 5. The number of fused-ring (bicyclic) bond motifs is 1. The second-order valence-electron chi connectivity index (χ2n) is 4.40. The average Bonchev–Trinajstić information content (AvgIpc) is 2.69. The van der Waals surface area contributed by atoms with E-state index in [2.05, 4.69) is 0 Å². The molecule has 0 amide bonds. The highest BCUT2D eigenvalue weighted by atomic mass is 16.4. The van der Waals surface area contributed by atoms with Crippen molar-refractivity contribution in [3.05, 3.63) is 36.0 Å². The molecule has 0 fully saturated rings. The highest BCUT2D eigenvalue weighted by Crippen LogP contribution is 2.28. The van der Waals surface area contributed by atoms with Crippen LogP contribution in [0.3, 0.4) is 0 Å². The van der Waals surface area contributed by atoms with Crippen molar-refractivity contribution in [1.82, 2.24) is 4.57 Å². The van der Waals surface area contributed by atoms with Gasteiger partial charge in [0, 0.05) is 29.2 Å².